The Morgan fingerprint density at radius 3 is 2.28 bits per heavy atom. The molecule has 0 spiro atoms. The number of rotatable bonds is 3. The normalized spacial score (nSPS) is 8.40. The molecule has 4 heteroatoms. The number of allylic oxidation sites excluding steroid dienone is 1. The van der Waals surface area contributed by atoms with E-state index in [0.717, 1.165) is 16.7 Å². The minimum Gasteiger partial charge on any atom is -0.513 e. The van der Waals surface area contributed by atoms with Gasteiger partial charge in [0.05, 0.1) is 5.76 Å². The molecule has 1 N–H and O–H groups in total. The summed E-state index contributed by atoms with van der Waals surface area (Å²) in [6.45, 7) is 7.43. The van der Waals surface area contributed by atoms with Crippen molar-refractivity contribution in [1.29, 1.82) is 0 Å². The summed E-state index contributed by atoms with van der Waals surface area (Å²) in [5, 5.41) is 8.98. The van der Waals surface area contributed by atoms with Gasteiger partial charge in [0.1, 0.15) is 0 Å². The predicted molar refractivity (Wildman–Crippen MR) is 102 cm³/mol. The van der Waals surface area contributed by atoms with Crippen molar-refractivity contribution in [3.8, 4) is 0 Å². The molecule has 0 atom stereocenters. The Hall–Kier alpha value is -1.99. The van der Waals surface area contributed by atoms with E-state index in [9.17, 15) is 0 Å². The van der Waals surface area contributed by atoms with Gasteiger partial charge in [0, 0.05) is 18.3 Å². The Morgan fingerprint density at radius 1 is 1.08 bits per heavy atom. The molecule has 0 fully saturated rings. The Kier molecular flexibility index (Phi) is 15.7. The van der Waals surface area contributed by atoms with Crippen molar-refractivity contribution in [2.24, 2.45) is 0 Å². The fourth-order valence-electron chi connectivity index (χ4n) is 1.67. The first-order valence-corrected chi connectivity index (χ1v) is 7.65. The maximum absolute atomic E-state index is 8.98. The average molecular weight is 506 g/mol. The third kappa shape index (κ3) is 10.5. The monoisotopic (exact) mass is 506 g/mol. The van der Waals surface area contributed by atoms with Crippen molar-refractivity contribution >= 4 is 11.0 Å². The minimum absolute atomic E-state index is 0. The number of hydrogen-bond acceptors (Lipinski definition) is 3. The number of aliphatic hydroxyl groups is 1. The van der Waals surface area contributed by atoms with E-state index in [2.05, 4.69) is 28.7 Å². The van der Waals surface area contributed by atoms with Gasteiger partial charge < -0.3 is 10.1 Å². The van der Waals surface area contributed by atoms with Crippen molar-refractivity contribution in [1.82, 2.24) is 9.97 Å². The van der Waals surface area contributed by atoms with Gasteiger partial charge in [0.25, 0.3) is 0 Å². The second-order valence-electron chi connectivity index (χ2n) is 4.42. The first kappa shape index (κ1) is 25.3. The molecule has 0 saturated heterocycles. The number of aliphatic hydroxyl groups excluding tert-OH is 1. The maximum Gasteiger partial charge on any atom is 2.00 e. The zero-order valence-corrected chi connectivity index (χ0v) is 17.0. The fourth-order valence-corrected chi connectivity index (χ4v) is 1.67. The summed E-state index contributed by atoms with van der Waals surface area (Å²) in [5.41, 5.74) is 2.55. The second kappa shape index (κ2) is 15.5. The van der Waals surface area contributed by atoms with E-state index in [1.165, 1.54) is 0 Å². The number of fused-ring (bicyclic) bond motifs is 1. The molecule has 0 aliphatic rings. The Bertz CT molecular complexity index is 676. The van der Waals surface area contributed by atoms with Crippen LogP contribution in [0.3, 0.4) is 0 Å². The summed E-state index contributed by atoms with van der Waals surface area (Å²) in [7, 11) is 0. The maximum atomic E-state index is 8.98. The van der Waals surface area contributed by atoms with Crippen LogP contribution >= 0.6 is 0 Å². The molecular formula is C21H26N2OW. The number of aryl methyl sites for hydroxylation is 1. The van der Waals surface area contributed by atoms with Crippen LogP contribution in [0.4, 0.5) is 0 Å². The van der Waals surface area contributed by atoms with Gasteiger partial charge in [-0.25, -0.2) is 0 Å². The van der Waals surface area contributed by atoms with E-state index in [1.807, 2.05) is 56.3 Å². The first-order chi connectivity index (χ1) is 11.3. The topological polar surface area (TPSA) is 46.0 Å². The van der Waals surface area contributed by atoms with Crippen molar-refractivity contribution in [2.45, 2.75) is 34.1 Å². The van der Waals surface area contributed by atoms with E-state index in [-0.39, 0.29) is 34.3 Å². The first-order valence-electron chi connectivity index (χ1n) is 7.65. The van der Waals surface area contributed by atoms with Crippen molar-refractivity contribution in [3.63, 3.8) is 0 Å². The fraction of sp³-hybridized carbons (Fsp3) is 0.238. The van der Waals surface area contributed by atoms with Crippen LogP contribution in [0.2, 0.25) is 0 Å². The largest absolute Gasteiger partial charge is 2.00 e. The zero-order valence-electron chi connectivity index (χ0n) is 14.1. The Balaban J connectivity index is 0. The molecule has 1 heterocycles. The van der Waals surface area contributed by atoms with Gasteiger partial charge in [-0.3, -0.25) is 4.98 Å². The summed E-state index contributed by atoms with van der Waals surface area (Å²) >= 11 is 0. The molecule has 2 aromatic carbocycles. The summed E-state index contributed by atoms with van der Waals surface area (Å²) in [6, 6.07) is 20.9. The van der Waals surface area contributed by atoms with Crippen LogP contribution in [0.25, 0.3) is 11.0 Å². The number of benzene rings is 2. The zero-order chi connectivity index (χ0) is 16.9. The third-order valence-corrected chi connectivity index (χ3v) is 2.71. The quantitative estimate of drug-likeness (QED) is 0.373. The van der Waals surface area contributed by atoms with E-state index < -0.39 is 0 Å². The average Bonchev–Trinajstić information content (AvgIpc) is 2.63. The second-order valence-corrected chi connectivity index (χ2v) is 4.42. The Labute approximate surface area is 166 Å². The van der Waals surface area contributed by atoms with Crippen LogP contribution in [0.5, 0.6) is 0 Å². The van der Waals surface area contributed by atoms with Gasteiger partial charge in [-0.05, 0) is 17.5 Å². The summed E-state index contributed by atoms with van der Waals surface area (Å²) in [6.07, 6.45) is 2.91. The molecule has 3 nitrogen and oxygen atoms in total. The number of aromatic nitrogens is 2. The van der Waals surface area contributed by atoms with Crippen LogP contribution in [0.15, 0.2) is 67.1 Å². The van der Waals surface area contributed by atoms with Crippen LogP contribution in [-0.2, 0) is 27.5 Å². The van der Waals surface area contributed by atoms with Crippen LogP contribution in [-0.4, -0.2) is 15.1 Å². The molecular weight excluding hydrogens is 480 g/mol. The van der Waals surface area contributed by atoms with Crippen molar-refractivity contribution < 1.29 is 26.2 Å². The van der Waals surface area contributed by atoms with Gasteiger partial charge in [-0.15, -0.1) is 12.1 Å². The smallest absolute Gasteiger partial charge is 0.513 e. The van der Waals surface area contributed by atoms with Gasteiger partial charge in [0.2, 0.25) is 0 Å². The van der Waals surface area contributed by atoms with Gasteiger partial charge in [0.15, 0.2) is 0 Å². The third-order valence-electron chi connectivity index (χ3n) is 2.71. The molecule has 132 valence electrons. The SMILES string of the molecule is C.C=C(O)CCc1cnc2cc[c-]cc2n1.CC.[W+2].[c-]1ccccc1. The molecule has 25 heavy (non-hydrogen) atoms. The summed E-state index contributed by atoms with van der Waals surface area (Å²) in [4.78, 5) is 8.67. The molecule has 0 saturated carbocycles. The molecule has 0 amide bonds. The molecule has 3 rings (SSSR count). The molecule has 1 aromatic heterocycles. The molecule has 0 unspecified atom stereocenters. The Morgan fingerprint density at radius 2 is 1.76 bits per heavy atom. The van der Waals surface area contributed by atoms with Gasteiger partial charge in [-0.1, -0.05) is 27.9 Å². The summed E-state index contributed by atoms with van der Waals surface area (Å²) < 4.78 is 0. The van der Waals surface area contributed by atoms with E-state index >= 15 is 0 Å². The standard InChI is InChI=1S/C12H11N2O.C6H5.C2H6.CH4.W/c1-9(15)6-7-10-8-13-11-4-2-3-5-12(11)14-10;1-2-4-6-5-3-1;1-2;;/h2,4-5,8,15H,1,6-7H2;1-5H;1-2H3;1H4;/q2*-1;;;+2. The van der Waals surface area contributed by atoms with Crippen LogP contribution < -0.4 is 0 Å². The molecule has 0 aliphatic heterocycles. The molecule has 0 bridgehead atoms. The van der Waals surface area contributed by atoms with E-state index in [1.54, 1.807) is 12.3 Å². The van der Waals surface area contributed by atoms with E-state index in [0.29, 0.717) is 12.8 Å². The summed E-state index contributed by atoms with van der Waals surface area (Å²) in [5.74, 6) is 0.177. The van der Waals surface area contributed by atoms with Gasteiger partial charge >= 0.3 is 21.1 Å². The van der Waals surface area contributed by atoms with Crippen molar-refractivity contribution in [2.75, 3.05) is 0 Å². The molecule has 0 radical (unpaired) electrons. The van der Waals surface area contributed by atoms with Gasteiger partial charge in [-0.2, -0.15) is 48.5 Å². The van der Waals surface area contributed by atoms with Crippen LogP contribution in [0.1, 0.15) is 33.4 Å². The van der Waals surface area contributed by atoms with Crippen LogP contribution in [0, 0.1) is 12.1 Å². The van der Waals surface area contributed by atoms with Crippen molar-refractivity contribution in [3.05, 3.63) is 84.9 Å². The molecule has 3 aromatic rings. The predicted octanol–water partition coefficient (Wildman–Crippen LogP) is 5.58. The number of nitrogens with zero attached hydrogens (tertiary/aromatic N) is 2. The molecule has 0 aliphatic carbocycles. The minimum atomic E-state index is 0. The number of hydrogen-bond donors (Lipinski definition) is 1. The van der Waals surface area contributed by atoms with E-state index in [4.69, 9.17) is 5.11 Å².